The standard InChI is InChI=1S/C44H47ClF3N7O6/c45-32-23-30-40(49-25-50-41(30)53-16-18-54(19-17-53)44(59)60)39(48)37(32)38-33(47)7-6-8-35(38)61-20-5-3-1-2-4-13-52-14-11-26(12-15-52)28-21-27(46)22-29-31(28)24-55(43(29)58)34-9-10-36(56)51-42(34)57/h6-8,21-23,25-26,34H,1-5,9-20,24H2,(H,59,60)(H,51,56,57). The van der Waals surface area contributed by atoms with Gasteiger partial charge in [-0.2, -0.15) is 0 Å². The molecule has 1 atom stereocenters. The lowest BCUT2D eigenvalue weighted by molar-refractivity contribution is -0.136. The Balaban J connectivity index is 0.800. The van der Waals surface area contributed by atoms with Crippen molar-refractivity contribution >= 4 is 52.1 Å². The number of imide groups is 1. The molecule has 0 saturated carbocycles. The van der Waals surface area contributed by atoms with Crippen LogP contribution in [0.25, 0.3) is 22.0 Å². The van der Waals surface area contributed by atoms with Crippen molar-refractivity contribution in [3.63, 3.8) is 0 Å². The molecule has 0 aliphatic carbocycles. The number of likely N-dealkylation sites (tertiary alicyclic amines) is 1. The second-order valence-electron chi connectivity index (χ2n) is 16.2. The number of ether oxygens (including phenoxy) is 1. The third-order valence-electron chi connectivity index (χ3n) is 12.4. The normalized spacial score (nSPS) is 18.9. The summed E-state index contributed by atoms with van der Waals surface area (Å²) in [7, 11) is 0. The van der Waals surface area contributed by atoms with E-state index >= 15 is 8.78 Å². The fraction of sp³-hybridized carbons (Fsp3) is 0.455. The number of piperazine rings is 1. The van der Waals surface area contributed by atoms with E-state index in [9.17, 15) is 28.7 Å². The first-order chi connectivity index (χ1) is 29.5. The first kappa shape index (κ1) is 42.2. The molecule has 61 heavy (non-hydrogen) atoms. The summed E-state index contributed by atoms with van der Waals surface area (Å²) >= 11 is 6.68. The largest absolute Gasteiger partial charge is 0.493 e. The maximum absolute atomic E-state index is 16.3. The molecule has 0 bridgehead atoms. The van der Waals surface area contributed by atoms with Gasteiger partial charge in [-0.3, -0.25) is 19.7 Å². The van der Waals surface area contributed by atoms with Gasteiger partial charge in [0.15, 0.2) is 5.82 Å². The highest BCUT2D eigenvalue weighted by Crippen LogP contribution is 2.43. The zero-order valence-corrected chi connectivity index (χ0v) is 34.4. The summed E-state index contributed by atoms with van der Waals surface area (Å²) in [5.41, 5.74) is 1.66. The van der Waals surface area contributed by atoms with Gasteiger partial charge in [0, 0.05) is 55.7 Å². The number of nitrogens with one attached hydrogen (secondary N) is 1. The fourth-order valence-electron chi connectivity index (χ4n) is 9.21. The Hall–Kier alpha value is -5.48. The Morgan fingerprint density at radius 1 is 0.902 bits per heavy atom. The van der Waals surface area contributed by atoms with E-state index in [1.807, 2.05) is 4.90 Å². The minimum absolute atomic E-state index is 0.0308. The van der Waals surface area contributed by atoms with Crippen LogP contribution in [-0.2, 0) is 16.1 Å². The van der Waals surface area contributed by atoms with E-state index in [2.05, 4.69) is 20.2 Å². The first-order valence-electron chi connectivity index (χ1n) is 20.9. The minimum Gasteiger partial charge on any atom is -0.493 e. The molecule has 2 N–H and O–H groups in total. The number of hydrogen-bond donors (Lipinski definition) is 2. The van der Waals surface area contributed by atoms with Crippen molar-refractivity contribution < 1.29 is 42.2 Å². The van der Waals surface area contributed by atoms with Crippen LogP contribution in [0.2, 0.25) is 5.02 Å². The number of anilines is 1. The Morgan fingerprint density at radius 3 is 2.41 bits per heavy atom. The summed E-state index contributed by atoms with van der Waals surface area (Å²) < 4.78 is 52.6. The molecule has 17 heteroatoms. The Labute approximate surface area is 355 Å². The predicted molar refractivity (Wildman–Crippen MR) is 221 cm³/mol. The molecular weight excluding hydrogens is 815 g/mol. The number of halogens is 4. The second-order valence-corrected chi connectivity index (χ2v) is 16.6. The molecule has 4 amide bonds. The van der Waals surface area contributed by atoms with E-state index in [4.69, 9.17) is 16.3 Å². The number of unbranched alkanes of at least 4 members (excludes halogenated alkanes) is 4. The van der Waals surface area contributed by atoms with E-state index in [0.717, 1.165) is 69.3 Å². The van der Waals surface area contributed by atoms with Gasteiger partial charge in [0.05, 0.1) is 17.2 Å². The van der Waals surface area contributed by atoms with E-state index in [-0.39, 0.29) is 77.6 Å². The zero-order chi connectivity index (χ0) is 42.8. The summed E-state index contributed by atoms with van der Waals surface area (Å²) in [4.78, 5) is 64.4. The third kappa shape index (κ3) is 8.83. The van der Waals surface area contributed by atoms with Gasteiger partial charge in [0.1, 0.15) is 41.1 Å². The molecular formula is C44H47ClF3N7O6. The molecule has 5 heterocycles. The third-order valence-corrected chi connectivity index (χ3v) is 12.7. The van der Waals surface area contributed by atoms with Crippen LogP contribution >= 0.6 is 11.6 Å². The summed E-state index contributed by atoms with van der Waals surface area (Å²) in [5.74, 6) is -2.46. The van der Waals surface area contributed by atoms with Crippen molar-refractivity contribution in [3.05, 3.63) is 81.9 Å². The highest BCUT2D eigenvalue weighted by molar-refractivity contribution is 6.34. The molecule has 13 nitrogen and oxygen atoms in total. The van der Waals surface area contributed by atoms with Crippen molar-refractivity contribution in [2.24, 2.45) is 0 Å². The van der Waals surface area contributed by atoms with E-state index in [1.165, 1.54) is 46.5 Å². The van der Waals surface area contributed by atoms with E-state index in [0.29, 0.717) is 42.9 Å². The van der Waals surface area contributed by atoms with Crippen LogP contribution < -0.4 is 15.0 Å². The predicted octanol–water partition coefficient (Wildman–Crippen LogP) is 7.14. The molecule has 3 fully saturated rings. The van der Waals surface area contributed by atoms with Gasteiger partial charge in [0.2, 0.25) is 11.8 Å². The molecule has 1 aromatic heterocycles. The summed E-state index contributed by atoms with van der Waals surface area (Å²) in [5, 5.41) is 11.9. The highest BCUT2D eigenvalue weighted by Gasteiger charge is 2.41. The lowest BCUT2D eigenvalue weighted by Gasteiger charge is -2.34. The quantitative estimate of drug-likeness (QED) is 0.105. The van der Waals surface area contributed by atoms with Crippen LogP contribution in [0.5, 0.6) is 5.75 Å². The van der Waals surface area contributed by atoms with Crippen LogP contribution in [0.3, 0.4) is 0 Å². The maximum atomic E-state index is 16.3. The van der Waals surface area contributed by atoms with Crippen LogP contribution in [0.4, 0.5) is 23.8 Å². The number of amides is 4. The average Bonchev–Trinajstić information content (AvgIpc) is 3.57. The van der Waals surface area contributed by atoms with Crippen LogP contribution in [0.1, 0.15) is 85.2 Å². The molecule has 4 aliphatic rings. The van der Waals surface area contributed by atoms with Gasteiger partial charge in [-0.05, 0) is 99.1 Å². The average molecular weight is 862 g/mol. The lowest BCUT2D eigenvalue weighted by atomic mass is 9.85. The summed E-state index contributed by atoms with van der Waals surface area (Å²) in [6.07, 6.45) is 6.90. The van der Waals surface area contributed by atoms with Crippen molar-refractivity contribution in [2.45, 2.75) is 76.3 Å². The molecule has 0 radical (unpaired) electrons. The minimum atomic E-state index is -1.01. The van der Waals surface area contributed by atoms with Gasteiger partial charge >= 0.3 is 6.09 Å². The molecule has 322 valence electrons. The van der Waals surface area contributed by atoms with Crippen LogP contribution in [0.15, 0.2) is 42.7 Å². The van der Waals surface area contributed by atoms with Crippen LogP contribution in [-0.4, -0.2) is 112 Å². The van der Waals surface area contributed by atoms with Gasteiger partial charge in [-0.15, -0.1) is 0 Å². The molecule has 0 spiro atoms. The number of carbonyl (C=O) groups excluding carboxylic acids is 3. The number of fused-ring (bicyclic) bond motifs is 2. The molecule has 1 unspecified atom stereocenters. The van der Waals surface area contributed by atoms with Crippen molar-refractivity contribution in [3.8, 4) is 16.9 Å². The fourth-order valence-corrected chi connectivity index (χ4v) is 9.50. The zero-order valence-electron chi connectivity index (χ0n) is 33.6. The number of carboxylic acid groups (broad SMARTS) is 1. The van der Waals surface area contributed by atoms with Crippen molar-refractivity contribution in [1.29, 1.82) is 0 Å². The maximum Gasteiger partial charge on any atom is 0.407 e. The van der Waals surface area contributed by atoms with E-state index < -0.39 is 35.5 Å². The monoisotopic (exact) mass is 861 g/mol. The second kappa shape index (κ2) is 18.2. The SMILES string of the molecule is O=C1CCC(N2Cc3c(cc(F)cc3C3CCN(CCCCCCCOc4cccc(F)c4-c4c(Cl)cc5c(N6CCN(C(=O)O)CC6)ncnc5c4F)CC3)C2=O)C(=O)N1. The van der Waals surface area contributed by atoms with E-state index in [1.54, 1.807) is 6.07 Å². The Morgan fingerprint density at radius 2 is 1.66 bits per heavy atom. The van der Waals surface area contributed by atoms with Gasteiger partial charge in [-0.1, -0.05) is 36.9 Å². The topological polar surface area (TPSA) is 149 Å². The molecule has 3 saturated heterocycles. The first-order valence-corrected chi connectivity index (χ1v) is 21.3. The summed E-state index contributed by atoms with van der Waals surface area (Å²) in [6, 6.07) is 7.90. The molecule has 3 aromatic carbocycles. The van der Waals surface area contributed by atoms with Crippen LogP contribution in [0, 0.1) is 17.5 Å². The number of aromatic nitrogens is 2. The molecule has 8 rings (SSSR count). The Bertz CT molecular complexity index is 2350. The number of piperidine rings is 2. The van der Waals surface area contributed by atoms with Crippen molar-refractivity contribution in [2.75, 3.05) is 57.3 Å². The lowest BCUT2D eigenvalue weighted by Crippen LogP contribution is -2.52. The van der Waals surface area contributed by atoms with Crippen molar-refractivity contribution in [1.82, 2.24) is 30.0 Å². The van der Waals surface area contributed by atoms with Gasteiger partial charge in [-0.25, -0.2) is 27.9 Å². The molecule has 4 aliphatic heterocycles. The number of nitrogens with zero attached hydrogens (tertiary/aromatic N) is 6. The number of hydrogen-bond acceptors (Lipinski definition) is 9. The number of carbonyl (C=O) groups is 4. The highest BCUT2D eigenvalue weighted by atomic mass is 35.5. The Kier molecular flexibility index (Phi) is 12.6. The summed E-state index contributed by atoms with van der Waals surface area (Å²) in [6.45, 7) is 4.41. The van der Waals surface area contributed by atoms with Gasteiger partial charge < -0.3 is 29.4 Å². The van der Waals surface area contributed by atoms with Gasteiger partial charge in [0.25, 0.3) is 5.91 Å². The number of benzene rings is 3. The number of rotatable bonds is 13. The smallest absolute Gasteiger partial charge is 0.407 e. The molecule has 4 aromatic rings.